The second-order valence-corrected chi connectivity index (χ2v) is 2.88. The molecule has 1 aliphatic heterocycles. The first-order valence-corrected chi connectivity index (χ1v) is 3.96. The molecule has 0 aromatic carbocycles. The van der Waals surface area contributed by atoms with E-state index in [1.807, 2.05) is 0 Å². The standard InChI is InChI=1S/C7H12FN3O3/c8-3(6(9)10)1-11-7-5(13)4(12)2-14-7/h1,4-5,7,11-13H,2H2,(H3,9,10)/b3-1+. The molecule has 1 heterocycles. The fourth-order valence-electron chi connectivity index (χ4n) is 0.981. The zero-order valence-corrected chi connectivity index (χ0v) is 7.27. The molecule has 0 amide bonds. The van der Waals surface area contributed by atoms with Gasteiger partial charge < -0.3 is 26.0 Å². The van der Waals surface area contributed by atoms with Crippen LogP contribution >= 0.6 is 0 Å². The normalized spacial score (nSPS) is 33.1. The van der Waals surface area contributed by atoms with E-state index in [1.165, 1.54) is 0 Å². The smallest absolute Gasteiger partial charge is 0.180 e. The van der Waals surface area contributed by atoms with Gasteiger partial charge in [0.05, 0.1) is 6.61 Å². The Balaban J connectivity index is 2.46. The quantitative estimate of drug-likeness (QED) is 0.281. The lowest BCUT2D eigenvalue weighted by Crippen LogP contribution is -2.38. The molecule has 0 aromatic heterocycles. The number of rotatable bonds is 3. The first-order valence-electron chi connectivity index (χ1n) is 3.96. The zero-order valence-electron chi connectivity index (χ0n) is 7.27. The summed E-state index contributed by atoms with van der Waals surface area (Å²) in [4.78, 5) is 0. The molecule has 0 aliphatic carbocycles. The van der Waals surface area contributed by atoms with Gasteiger partial charge in [0, 0.05) is 6.20 Å². The summed E-state index contributed by atoms with van der Waals surface area (Å²) in [6, 6.07) is 0. The predicted molar refractivity (Wildman–Crippen MR) is 46.0 cm³/mol. The third-order valence-corrected chi connectivity index (χ3v) is 1.78. The van der Waals surface area contributed by atoms with E-state index in [0.717, 1.165) is 6.20 Å². The molecule has 1 saturated heterocycles. The van der Waals surface area contributed by atoms with Gasteiger partial charge in [-0.2, -0.15) is 0 Å². The third kappa shape index (κ3) is 2.41. The van der Waals surface area contributed by atoms with Crippen molar-refractivity contribution in [2.75, 3.05) is 6.61 Å². The van der Waals surface area contributed by atoms with E-state index in [2.05, 4.69) is 5.32 Å². The summed E-state index contributed by atoms with van der Waals surface area (Å²) in [5, 5.41) is 27.3. The minimum absolute atomic E-state index is 0.0195. The molecule has 7 heteroatoms. The van der Waals surface area contributed by atoms with Crippen molar-refractivity contribution in [1.29, 1.82) is 5.41 Å². The van der Waals surface area contributed by atoms with Crippen LogP contribution in [0.15, 0.2) is 12.0 Å². The van der Waals surface area contributed by atoms with Crippen LogP contribution in [0.1, 0.15) is 0 Å². The fourth-order valence-corrected chi connectivity index (χ4v) is 0.981. The van der Waals surface area contributed by atoms with Crippen molar-refractivity contribution in [3.8, 4) is 0 Å². The van der Waals surface area contributed by atoms with E-state index in [9.17, 15) is 9.50 Å². The molecule has 0 saturated carbocycles. The topological polar surface area (TPSA) is 112 Å². The third-order valence-electron chi connectivity index (χ3n) is 1.78. The Bertz CT molecular complexity index is 259. The van der Waals surface area contributed by atoms with Gasteiger partial charge in [-0.15, -0.1) is 0 Å². The minimum atomic E-state index is -1.12. The Labute approximate surface area is 79.7 Å². The summed E-state index contributed by atoms with van der Waals surface area (Å²) < 4.78 is 17.5. The second kappa shape index (κ2) is 4.36. The number of halogens is 1. The maximum absolute atomic E-state index is 12.7. The van der Waals surface area contributed by atoms with Crippen molar-refractivity contribution < 1.29 is 19.3 Å². The molecule has 6 N–H and O–H groups in total. The predicted octanol–water partition coefficient (Wildman–Crippen LogP) is -1.60. The van der Waals surface area contributed by atoms with Crippen molar-refractivity contribution in [2.45, 2.75) is 18.4 Å². The highest BCUT2D eigenvalue weighted by Crippen LogP contribution is 2.11. The van der Waals surface area contributed by atoms with Gasteiger partial charge in [-0.05, 0) is 0 Å². The number of hydrogen-bond donors (Lipinski definition) is 5. The van der Waals surface area contributed by atoms with Gasteiger partial charge >= 0.3 is 0 Å². The van der Waals surface area contributed by atoms with Crippen molar-refractivity contribution in [2.24, 2.45) is 5.73 Å². The number of ether oxygens (including phenoxy) is 1. The molecule has 1 fully saturated rings. The van der Waals surface area contributed by atoms with E-state index >= 15 is 0 Å². The molecule has 1 aliphatic rings. The summed E-state index contributed by atoms with van der Waals surface area (Å²) in [7, 11) is 0. The molecule has 14 heavy (non-hydrogen) atoms. The monoisotopic (exact) mass is 205 g/mol. The highest BCUT2D eigenvalue weighted by Gasteiger charge is 2.33. The maximum Gasteiger partial charge on any atom is 0.180 e. The highest BCUT2D eigenvalue weighted by molar-refractivity contribution is 5.91. The largest absolute Gasteiger partial charge is 0.388 e. The molecule has 80 valence electrons. The van der Waals surface area contributed by atoms with Crippen LogP contribution in [0.2, 0.25) is 0 Å². The van der Waals surface area contributed by atoms with Gasteiger partial charge in [-0.25, -0.2) is 4.39 Å². The van der Waals surface area contributed by atoms with Crippen molar-refractivity contribution in [1.82, 2.24) is 5.32 Å². The van der Waals surface area contributed by atoms with Gasteiger partial charge in [0.1, 0.15) is 12.2 Å². The first-order chi connectivity index (χ1) is 6.52. The van der Waals surface area contributed by atoms with Crippen molar-refractivity contribution in [3.63, 3.8) is 0 Å². The van der Waals surface area contributed by atoms with Crippen molar-refractivity contribution >= 4 is 5.84 Å². The van der Waals surface area contributed by atoms with E-state index in [-0.39, 0.29) is 6.61 Å². The van der Waals surface area contributed by atoms with Crippen LogP contribution in [0.25, 0.3) is 0 Å². The zero-order chi connectivity index (χ0) is 10.7. The Morgan fingerprint density at radius 2 is 2.29 bits per heavy atom. The van der Waals surface area contributed by atoms with Crippen LogP contribution in [0.5, 0.6) is 0 Å². The second-order valence-electron chi connectivity index (χ2n) is 2.88. The van der Waals surface area contributed by atoms with Gasteiger partial charge in [0.2, 0.25) is 0 Å². The highest BCUT2D eigenvalue weighted by atomic mass is 19.1. The van der Waals surface area contributed by atoms with E-state index in [4.69, 9.17) is 21.0 Å². The molecular weight excluding hydrogens is 193 g/mol. The summed E-state index contributed by atoms with van der Waals surface area (Å²) in [6.45, 7) is -0.0195. The van der Waals surface area contributed by atoms with E-state index in [1.54, 1.807) is 0 Å². The summed E-state index contributed by atoms with van der Waals surface area (Å²) in [5.74, 6) is -1.67. The number of aliphatic hydroxyl groups is 2. The Kier molecular flexibility index (Phi) is 3.39. The molecule has 0 radical (unpaired) electrons. The summed E-state index contributed by atoms with van der Waals surface area (Å²) >= 11 is 0. The molecular formula is C7H12FN3O3. The molecule has 0 spiro atoms. The fraction of sp³-hybridized carbons (Fsp3) is 0.571. The maximum atomic E-state index is 12.7. The average molecular weight is 205 g/mol. The van der Waals surface area contributed by atoms with Gasteiger partial charge in [0.25, 0.3) is 0 Å². The van der Waals surface area contributed by atoms with Crippen LogP contribution < -0.4 is 11.1 Å². The van der Waals surface area contributed by atoms with Gasteiger partial charge in [0.15, 0.2) is 17.9 Å². The van der Waals surface area contributed by atoms with Crippen LogP contribution in [-0.2, 0) is 4.74 Å². The van der Waals surface area contributed by atoms with Crippen LogP contribution in [0.4, 0.5) is 4.39 Å². The number of hydrogen-bond acceptors (Lipinski definition) is 5. The molecule has 3 unspecified atom stereocenters. The van der Waals surface area contributed by atoms with E-state index in [0.29, 0.717) is 0 Å². The lowest BCUT2D eigenvalue weighted by atomic mass is 10.2. The number of aliphatic hydroxyl groups excluding tert-OH is 2. The first kappa shape index (κ1) is 10.9. The molecule has 0 bridgehead atoms. The average Bonchev–Trinajstić information content (AvgIpc) is 2.44. The summed E-state index contributed by atoms with van der Waals surface area (Å²) in [5.41, 5.74) is 4.83. The van der Waals surface area contributed by atoms with Crippen LogP contribution in [0, 0.1) is 5.41 Å². The van der Waals surface area contributed by atoms with Crippen molar-refractivity contribution in [3.05, 3.63) is 12.0 Å². The summed E-state index contributed by atoms with van der Waals surface area (Å²) in [6.07, 6.45) is -2.17. The number of nitrogens with two attached hydrogens (primary N) is 1. The molecule has 1 rings (SSSR count). The Hall–Kier alpha value is -1.18. The number of amidine groups is 1. The molecule has 3 atom stereocenters. The molecule has 0 aromatic rings. The van der Waals surface area contributed by atoms with Crippen LogP contribution in [0.3, 0.4) is 0 Å². The Morgan fingerprint density at radius 3 is 2.71 bits per heavy atom. The van der Waals surface area contributed by atoms with Gasteiger partial charge in [-0.3, -0.25) is 5.41 Å². The van der Waals surface area contributed by atoms with Gasteiger partial charge in [-0.1, -0.05) is 0 Å². The van der Waals surface area contributed by atoms with Crippen LogP contribution in [-0.4, -0.2) is 41.1 Å². The van der Waals surface area contributed by atoms with E-state index < -0.39 is 30.1 Å². The SMILES string of the molecule is N=C(N)/C(F)=C\NC1OCC(O)C1O. The molecule has 6 nitrogen and oxygen atoms in total. The minimum Gasteiger partial charge on any atom is -0.388 e. The lowest BCUT2D eigenvalue weighted by Gasteiger charge is -2.14. The number of nitrogens with one attached hydrogen (secondary N) is 2. The lowest BCUT2D eigenvalue weighted by molar-refractivity contribution is 0.0129. The Morgan fingerprint density at radius 1 is 1.64 bits per heavy atom.